The van der Waals surface area contributed by atoms with Crippen LogP contribution in [0.25, 0.3) is 0 Å². The number of aryl methyl sites for hydroxylation is 2. The molecule has 2 rings (SSSR count). The SMILES string of the molecule is CCn1c(C)cc(CNc2cc(C)cc(F)c2)c1C. The first-order valence-electron chi connectivity index (χ1n) is 6.68. The second-order valence-corrected chi connectivity index (χ2v) is 5.01. The lowest BCUT2D eigenvalue weighted by molar-refractivity contribution is 0.627. The van der Waals surface area contributed by atoms with Gasteiger partial charge in [-0.25, -0.2) is 4.39 Å². The van der Waals surface area contributed by atoms with Crippen LogP contribution in [0.2, 0.25) is 0 Å². The van der Waals surface area contributed by atoms with E-state index >= 15 is 0 Å². The van der Waals surface area contributed by atoms with Crippen molar-refractivity contribution in [1.29, 1.82) is 0 Å². The van der Waals surface area contributed by atoms with Crippen LogP contribution in [0.15, 0.2) is 24.3 Å². The van der Waals surface area contributed by atoms with E-state index in [1.165, 1.54) is 29.1 Å². The molecule has 0 fully saturated rings. The molecule has 0 aliphatic rings. The fourth-order valence-electron chi connectivity index (χ4n) is 2.57. The molecule has 19 heavy (non-hydrogen) atoms. The molecular weight excluding hydrogens is 239 g/mol. The van der Waals surface area contributed by atoms with Crippen LogP contribution in [0, 0.1) is 26.6 Å². The summed E-state index contributed by atoms with van der Waals surface area (Å²) in [5, 5.41) is 3.29. The summed E-state index contributed by atoms with van der Waals surface area (Å²) >= 11 is 0. The van der Waals surface area contributed by atoms with Crippen molar-refractivity contribution in [3.8, 4) is 0 Å². The summed E-state index contributed by atoms with van der Waals surface area (Å²) in [6.07, 6.45) is 0. The van der Waals surface area contributed by atoms with Gasteiger partial charge >= 0.3 is 0 Å². The summed E-state index contributed by atoms with van der Waals surface area (Å²) in [4.78, 5) is 0. The highest BCUT2D eigenvalue weighted by atomic mass is 19.1. The van der Waals surface area contributed by atoms with Crippen LogP contribution < -0.4 is 5.32 Å². The Labute approximate surface area is 114 Å². The zero-order valence-corrected chi connectivity index (χ0v) is 12.0. The van der Waals surface area contributed by atoms with Gasteiger partial charge in [-0.15, -0.1) is 0 Å². The Kier molecular flexibility index (Phi) is 3.93. The highest BCUT2D eigenvalue weighted by Gasteiger charge is 2.07. The van der Waals surface area contributed by atoms with E-state index in [-0.39, 0.29) is 5.82 Å². The molecule has 0 aliphatic heterocycles. The minimum Gasteiger partial charge on any atom is -0.381 e. The normalized spacial score (nSPS) is 10.8. The third-order valence-electron chi connectivity index (χ3n) is 3.52. The average molecular weight is 260 g/mol. The number of anilines is 1. The van der Waals surface area contributed by atoms with Crippen molar-refractivity contribution in [2.45, 2.75) is 40.8 Å². The van der Waals surface area contributed by atoms with Gasteiger partial charge in [0.2, 0.25) is 0 Å². The van der Waals surface area contributed by atoms with Crippen molar-refractivity contribution in [3.05, 3.63) is 52.6 Å². The van der Waals surface area contributed by atoms with Crippen molar-refractivity contribution in [2.24, 2.45) is 0 Å². The molecule has 102 valence electrons. The summed E-state index contributed by atoms with van der Waals surface area (Å²) in [5.41, 5.74) is 5.58. The van der Waals surface area contributed by atoms with Crippen LogP contribution in [-0.4, -0.2) is 4.57 Å². The van der Waals surface area contributed by atoms with Crippen molar-refractivity contribution in [2.75, 3.05) is 5.32 Å². The van der Waals surface area contributed by atoms with Crippen LogP contribution in [0.4, 0.5) is 10.1 Å². The quantitative estimate of drug-likeness (QED) is 0.872. The number of aromatic nitrogens is 1. The third-order valence-corrected chi connectivity index (χ3v) is 3.52. The zero-order valence-electron chi connectivity index (χ0n) is 12.0. The van der Waals surface area contributed by atoms with Crippen molar-refractivity contribution in [1.82, 2.24) is 4.57 Å². The van der Waals surface area contributed by atoms with Crippen LogP contribution >= 0.6 is 0 Å². The van der Waals surface area contributed by atoms with Crippen LogP contribution in [-0.2, 0) is 13.1 Å². The van der Waals surface area contributed by atoms with Gasteiger partial charge < -0.3 is 9.88 Å². The molecule has 1 aromatic heterocycles. The molecule has 2 nitrogen and oxygen atoms in total. The van der Waals surface area contributed by atoms with E-state index in [1.807, 2.05) is 13.0 Å². The lowest BCUT2D eigenvalue weighted by atomic mass is 10.2. The van der Waals surface area contributed by atoms with Gasteiger partial charge in [-0.05, 0) is 63.1 Å². The predicted molar refractivity (Wildman–Crippen MR) is 78.0 cm³/mol. The second-order valence-electron chi connectivity index (χ2n) is 5.01. The van der Waals surface area contributed by atoms with Crippen molar-refractivity contribution >= 4 is 5.69 Å². The number of hydrogen-bond donors (Lipinski definition) is 1. The Morgan fingerprint density at radius 1 is 1.11 bits per heavy atom. The number of rotatable bonds is 4. The van der Waals surface area contributed by atoms with E-state index in [9.17, 15) is 4.39 Å². The Morgan fingerprint density at radius 3 is 2.42 bits per heavy atom. The number of hydrogen-bond acceptors (Lipinski definition) is 1. The van der Waals surface area contributed by atoms with E-state index in [4.69, 9.17) is 0 Å². The third kappa shape index (κ3) is 2.98. The fourth-order valence-corrected chi connectivity index (χ4v) is 2.57. The number of halogens is 1. The Balaban J connectivity index is 2.14. The first-order valence-corrected chi connectivity index (χ1v) is 6.68. The minimum atomic E-state index is -0.193. The lowest BCUT2D eigenvalue weighted by Gasteiger charge is -2.09. The van der Waals surface area contributed by atoms with Gasteiger partial charge in [-0.2, -0.15) is 0 Å². The molecule has 0 saturated carbocycles. The summed E-state index contributed by atoms with van der Waals surface area (Å²) in [5.74, 6) is -0.193. The van der Waals surface area contributed by atoms with Gasteiger partial charge in [-0.1, -0.05) is 0 Å². The molecule has 0 saturated heterocycles. The van der Waals surface area contributed by atoms with E-state index in [2.05, 4.69) is 36.7 Å². The maximum Gasteiger partial charge on any atom is 0.125 e. The monoisotopic (exact) mass is 260 g/mol. The van der Waals surface area contributed by atoms with Gasteiger partial charge in [0, 0.05) is 30.2 Å². The lowest BCUT2D eigenvalue weighted by Crippen LogP contribution is -2.03. The summed E-state index contributed by atoms with van der Waals surface area (Å²) in [6, 6.07) is 7.22. The smallest absolute Gasteiger partial charge is 0.125 e. The molecular formula is C16H21FN2. The van der Waals surface area contributed by atoms with Gasteiger partial charge in [-0.3, -0.25) is 0 Å². The highest BCUT2D eigenvalue weighted by Crippen LogP contribution is 2.18. The molecule has 0 spiro atoms. The van der Waals surface area contributed by atoms with Gasteiger partial charge in [0.15, 0.2) is 0 Å². The van der Waals surface area contributed by atoms with Gasteiger partial charge in [0.1, 0.15) is 5.82 Å². The van der Waals surface area contributed by atoms with Gasteiger partial charge in [0.05, 0.1) is 0 Å². The summed E-state index contributed by atoms with van der Waals surface area (Å²) in [7, 11) is 0. The maximum atomic E-state index is 13.3. The van der Waals surface area contributed by atoms with Gasteiger partial charge in [0.25, 0.3) is 0 Å². The van der Waals surface area contributed by atoms with E-state index in [0.717, 1.165) is 24.3 Å². The Bertz CT molecular complexity index is 564. The first kappa shape index (κ1) is 13.7. The van der Waals surface area contributed by atoms with Crippen molar-refractivity contribution < 1.29 is 4.39 Å². The predicted octanol–water partition coefficient (Wildman–Crippen LogP) is 4.18. The molecule has 1 heterocycles. The molecule has 0 atom stereocenters. The molecule has 0 amide bonds. The van der Waals surface area contributed by atoms with E-state index < -0.39 is 0 Å². The number of nitrogens with one attached hydrogen (secondary N) is 1. The molecule has 1 N–H and O–H groups in total. The molecule has 3 heteroatoms. The fraction of sp³-hybridized carbons (Fsp3) is 0.375. The molecule has 2 aromatic rings. The Morgan fingerprint density at radius 2 is 1.84 bits per heavy atom. The van der Waals surface area contributed by atoms with Crippen LogP contribution in [0.1, 0.15) is 29.4 Å². The summed E-state index contributed by atoms with van der Waals surface area (Å²) in [6.45, 7) is 10.0. The highest BCUT2D eigenvalue weighted by molar-refractivity contribution is 5.47. The second kappa shape index (κ2) is 5.47. The van der Waals surface area contributed by atoms with Crippen LogP contribution in [0.3, 0.4) is 0 Å². The standard InChI is InChI=1S/C16H21FN2/c1-5-19-12(3)8-14(13(19)4)10-18-16-7-11(2)6-15(17)9-16/h6-9,18H,5,10H2,1-4H3. The largest absolute Gasteiger partial charge is 0.381 e. The minimum absolute atomic E-state index is 0.193. The molecule has 0 radical (unpaired) electrons. The number of benzene rings is 1. The average Bonchev–Trinajstić information content (AvgIpc) is 2.60. The van der Waals surface area contributed by atoms with E-state index in [1.54, 1.807) is 0 Å². The zero-order chi connectivity index (χ0) is 14.0. The van der Waals surface area contributed by atoms with Crippen LogP contribution in [0.5, 0.6) is 0 Å². The molecule has 1 aromatic carbocycles. The molecule has 0 aliphatic carbocycles. The molecule has 0 bridgehead atoms. The summed E-state index contributed by atoms with van der Waals surface area (Å²) < 4.78 is 15.6. The first-order chi connectivity index (χ1) is 9.01. The Hall–Kier alpha value is -1.77. The van der Waals surface area contributed by atoms with E-state index in [0.29, 0.717) is 0 Å². The number of nitrogens with zero attached hydrogens (tertiary/aromatic N) is 1. The maximum absolute atomic E-state index is 13.3. The topological polar surface area (TPSA) is 17.0 Å². The molecule has 0 unspecified atom stereocenters. The van der Waals surface area contributed by atoms with Crippen molar-refractivity contribution in [3.63, 3.8) is 0 Å².